The second-order valence-electron chi connectivity index (χ2n) is 6.40. The molecule has 0 atom stereocenters. The molecule has 130 valence electrons. The molecule has 1 fully saturated rings. The van der Waals surface area contributed by atoms with Gasteiger partial charge in [-0.3, -0.25) is 14.5 Å². The Morgan fingerprint density at radius 2 is 1.83 bits per heavy atom. The smallest absolute Gasteiger partial charge is 0.324 e. The van der Waals surface area contributed by atoms with Gasteiger partial charge in [-0.05, 0) is 30.4 Å². The van der Waals surface area contributed by atoms with E-state index in [-0.39, 0.29) is 24.3 Å². The number of nitrogens with zero attached hydrogens (tertiary/aromatic N) is 1. The minimum Gasteiger partial charge on any atom is -0.324 e. The van der Waals surface area contributed by atoms with Crippen LogP contribution in [0.5, 0.6) is 0 Å². The SMILES string of the molecule is CCC1(CC)NC(=O)N(CC(=O)Nc2ccccc2C(C)C)C1=O. The van der Waals surface area contributed by atoms with Gasteiger partial charge in [0.05, 0.1) is 0 Å². The molecule has 0 bridgehead atoms. The average molecular weight is 331 g/mol. The Morgan fingerprint density at radius 1 is 1.21 bits per heavy atom. The van der Waals surface area contributed by atoms with E-state index < -0.39 is 11.6 Å². The molecule has 1 saturated heterocycles. The number of anilines is 1. The van der Waals surface area contributed by atoms with Crippen molar-refractivity contribution in [2.45, 2.75) is 52.0 Å². The third-order valence-electron chi connectivity index (χ3n) is 4.61. The highest BCUT2D eigenvalue weighted by Gasteiger charge is 2.49. The van der Waals surface area contributed by atoms with Crippen LogP contribution in [0.25, 0.3) is 0 Å². The summed E-state index contributed by atoms with van der Waals surface area (Å²) in [6.45, 7) is 7.51. The molecule has 1 aliphatic rings. The molecule has 4 amide bonds. The summed E-state index contributed by atoms with van der Waals surface area (Å²) in [6, 6.07) is 7.03. The monoisotopic (exact) mass is 331 g/mol. The maximum atomic E-state index is 12.5. The van der Waals surface area contributed by atoms with Gasteiger partial charge in [-0.25, -0.2) is 4.79 Å². The van der Waals surface area contributed by atoms with Gasteiger partial charge in [0.15, 0.2) is 0 Å². The number of carbonyl (C=O) groups excluding carboxylic acids is 3. The standard InChI is InChI=1S/C18H25N3O3/c1-5-18(6-2)16(23)21(17(24)20-18)11-15(22)19-14-10-8-7-9-13(14)12(3)4/h7-10,12H,5-6,11H2,1-4H3,(H,19,22)(H,20,24). The predicted octanol–water partition coefficient (Wildman–Crippen LogP) is 2.86. The predicted molar refractivity (Wildman–Crippen MR) is 92.7 cm³/mol. The quantitative estimate of drug-likeness (QED) is 0.787. The van der Waals surface area contributed by atoms with Crippen LogP contribution in [0.2, 0.25) is 0 Å². The molecule has 6 heteroatoms. The van der Waals surface area contributed by atoms with Crippen LogP contribution in [0.1, 0.15) is 52.0 Å². The van der Waals surface area contributed by atoms with E-state index in [1.807, 2.05) is 52.0 Å². The largest absolute Gasteiger partial charge is 0.325 e. The van der Waals surface area contributed by atoms with Gasteiger partial charge in [0.25, 0.3) is 5.91 Å². The van der Waals surface area contributed by atoms with Crippen LogP contribution < -0.4 is 10.6 Å². The lowest BCUT2D eigenvalue weighted by Gasteiger charge is -2.23. The fraction of sp³-hybridized carbons (Fsp3) is 0.500. The van der Waals surface area contributed by atoms with Crippen LogP contribution >= 0.6 is 0 Å². The molecule has 0 unspecified atom stereocenters. The van der Waals surface area contributed by atoms with Gasteiger partial charge in [-0.1, -0.05) is 45.9 Å². The molecular formula is C18H25N3O3. The Balaban J connectivity index is 2.11. The Hall–Kier alpha value is -2.37. The van der Waals surface area contributed by atoms with Crippen molar-refractivity contribution in [3.8, 4) is 0 Å². The summed E-state index contributed by atoms with van der Waals surface area (Å²) in [5, 5.41) is 5.53. The Kier molecular flexibility index (Phi) is 5.26. The normalized spacial score (nSPS) is 16.5. The highest BCUT2D eigenvalue weighted by molar-refractivity contribution is 6.10. The first-order valence-corrected chi connectivity index (χ1v) is 8.37. The lowest BCUT2D eigenvalue weighted by molar-refractivity contribution is -0.134. The fourth-order valence-electron chi connectivity index (χ4n) is 3.00. The van der Waals surface area contributed by atoms with Crippen molar-refractivity contribution in [1.82, 2.24) is 10.2 Å². The second kappa shape index (κ2) is 7.03. The topological polar surface area (TPSA) is 78.5 Å². The summed E-state index contributed by atoms with van der Waals surface area (Å²) in [7, 11) is 0. The lowest BCUT2D eigenvalue weighted by atomic mass is 9.93. The third kappa shape index (κ3) is 3.27. The number of rotatable bonds is 6. The first kappa shape index (κ1) is 18.0. The van der Waals surface area contributed by atoms with Crippen LogP contribution in [0.3, 0.4) is 0 Å². The number of para-hydroxylation sites is 1. The zero-order valence-corrected chi connectivity index (χ0v) is 14.7. The minimum atomic E-state index is -0.882. The molecule has 0 radical (unpaired) electrons. The molecule has 0 aromatic heterocycles. The van der Waals surface area contributed by atoms with Crippen molar-refractivity contribution in [3.63, 3.8) is 0 Å². The fourth-order valence-corrected chi connectivity index (χ4v) is 3.00. The summed E-state index contributed by atoms with van der Waals surface area (Å²) in [6.07, 6.45) is 1.00. The molecule has 0 saturated carbocycles. The van der Waals surface area contributed by atoms with Crippen molar-refractivity contribution in [3.05, 3.63) is 29.8 Å². The number of imide groups is 1. The Bertz CT molecular complexity index is 651. The highest BCUT2D eigenvalue weighted by Crippen LogP contribution is 2.26. The number of amides is 4. The minimum absolute atomic E-state index is 0.256. The molecule has 2 N–H and O–H groups in total. The molecular weight excluding hydrogens is 306 g/mol. The molecule has 1 aromatic carbocycles. The van der Waals surface area contributed by atoms with Gasteiger partial charge in [0, 0.05) is 5.69 Å². The molecule has 1 aliphatic heterocycles. The first-order valence-electron chi connectivity index (χ1n) is 8.37. The van der Waals surface area contributed by atoms with E-state index in [2.05, 4.69) is 10.6 Å². The van der Waals surface area contributed by atoms with E-state index in [1.54, 1.807) is 0 Å². The number of nitrogens with one attached hydrogen (secondary N) is 2. The van der Waals surface area contributed by atoms with Gasteiger partial charge in [-0.15, -0.1) is 0 Å². The summed E-state index contributed by atoms with van der Waals surface area (Å²) >= 11 is 0. The van der Waals surface area contributed by atoms with E-state index in [0.29, 0.717) is 18.5 Å². The molecule has 0 spiro atoms. The Labute approximate surface area is 142 Å². The van der Waals surface area contributed by atoms with Gasteiger partial charge in [0.2, 0.25) is 5.91 Å². The number of benzene rings is 1. The maximum absolute atomic E-state index is 12.5. The van der Waals surface area contributed by atoms with Gasteiger partial charge < -0.3 is 10.6 Å². The summed E-state index contributed by atoms with van der Waals surface area (Å²) < 4.78 is 0. The molecule has 1 heterocycles. The summed E-state index contributed by atoms with van der Waals surface area (Å²) in [4.78, 5) is 38.0. The molecule has 2 rings (SSSR count). The van der Waals surface area contributed by atoms with Crippen molar-refractivity contribution >= 4 is 23.5 Å². The van der Waals surface area contributed by atoms with E-state index >= 15 is 0 Å². The van der Waals surface area contributed by atoms with Crippen LogP contribution in [-0.2, 0) is 9.59 Å². The van der Waals surface area contributed by atoms with Crippen LogP contribution in [0.4, 0.5) is 10.5 Å². The van der Waals surface area contributed by atoms with Crippen molar-refractivity contribution in [2.75, 3.05) is 11.9 Å². The number of carbonyl (C=O) groups is 3. The van der Waals surface area contributed by atoms with E-state index in [4.69, 9.17) is 0 Å². The zero-order chi connectivity index (χ0) is 17.9. The van der Waals surface area contributed by atoms with Gasteiger partial charge >= 0.3 is 6.03 Å². The van der Waals surface area contributed by atoms with Gasteiger partial charge in [-0.2, -0.15) is 0 Å². The maximum Gasteiger partial charge on any atom is 0.325 e. The highest BCUT2D eigenvalue weighted by atomic mass is 16.2. The van der Waals surface area contributed by atoms with Crippen LogP contribution in [0.15, 0.2) is 24.3 Å². The number of urea groups is 1. The molecule has 6 nitrogen and oxygen atoms in total. The van der Waals surface area contributed by atoms with E-state index in [9.17, 15) is 14.4 Å². The third-order valence-corrected chi connectivity index (χ3v) is 4.61. The van der Waals surface area contributed by atoms with Crippen LogP contribution in [0, 0.1) is 0 Å². The van der Waals surface area contributed by atoms with Gasteiger partial charge in [0.1, 0.15) is 12.1 Å². The van der Waals surface area contributed by atoms with Crippen molar-refractivity contribution < 1.29 is 14.4 Å². The zero-order valence-electron chi connectivity index (χ0n) is 14.7. The summed E-state index contributed by atoms with van der Waals surface area (Å²) in [5.74, 6) is -0.453. The second-order valence-corrected chi connectivity index (χ2v) is 6.40. The van der Waals surface area contributed by atoms with Crippen molar-refractivity contribution in [1.29, 1.82) is 0 Å². The van der Waals surface area contributed by atoms with E-state index in [0.717, 1.165) is 10.5 Å². The number of hydrogen-bond donors (Lipinski definition) is 2. The number of hydrogen-bond acceptors (Lipinski definition) is 3. The van der Waals surface area contributed by atoms with Crippen molar-refractivity contribution in [2.24, 2.45) is 0 Å². The lowest BCUT2D eigenvalue weighted by Crippen LogP contribution is -2.46. The Morgan fingerprint density at radius 3 is 2.38 bits per heavy atom. The summed E-state index contributed by atoms with van der Waals surface area (Å²) in [5.41, 5.74) is 0.842. The average Bonchev–Trinajstić information content (AvgIpc) is 2.79. The molecule has 0 aliphatic carbocycles. The van der Waals surface area contributed by atoms with E-state index in [1.165, 1.54) is 0 Å². The van der Waals surface area contributed by atoms with Crippen LogP contribution in [-0.4, -0.2) is 34.8 Å². The molecule has 24 heavy (non-hydrogen) atoms. The first-order chi connectivity index (χ1) is 11.3. The molecule has 1 aromatic rings.